The Kier molecular flexibility index (Phi) is 2.35. The third-order valence-corrected chi connectivity index (χ3v) is 5.04. The molecule has 0 saturated heterocycles. The second kappa shape index (κ2) is 3.56. The molecule has 1 unspecified atom stereocenters. The fourth-order valence-corrected chi connectivity index (χ4v) is 3.60. The van der Waals surface area contributed by atoms with Gasteiger partial charge in [0.2, 0.25) is 0 Å². The van der Waals surface area contributed by atoms with Gasteiger partial charge >= 0.3 is 0 Å². The van der Waals surface area contributed by atoms with Crippen molar-refractivity contribution in [2.75, 3.05) is 0 Å². The van der Waals surface area contributed by atoms with Gasteiger partial charge in [0, 0.05) is 24.2 Å². The van der Waals surface area contributed by atoms with Crippen LogP contribution in [-0.2, 0) is 6.42 Å². The van der Waals surface area contributed by atoms with Crippen LogP contribution in [0.1, 0.15) is 38.8 Å². The van der Waals surface area contributed by atoms with Crippen LogP contribution in [0, 0.1) is 5.41 Å². The summed E-state index contributed by atoms with van der Waals surface area (Å²) in [5.41, 5.74) is 0.426. The first-order valence-electron chi connectivity index (χ1n) is 6.14. The lowest BCUT2D eigenvalue weighted by Crippen LogP contribution is -2.41. The summed E-state index contributed by atoms with van der Waals surface area (Å²) < 4.78 is 2.03. The highest BCUT2D eigenvalue weighted by Crippen LogP contribution is 2.47. The molecule has 0 radical (unpaired) electrons. The first-order chi connectivity index (χ1) is 8.00. The van der Waals surface area contributed by atoms with E-state index in [-0.39, 0.29) is 5.41 Å². The van der Waals surface area contributed by atoms with E-state index in [1.807, 2.05) is 22.2 Å². The van der Waals surface area contributed by atoms with Crippen molar-refractivity contribution in [3.63, 3.8) is 0 Å². The summed E-state index contributed by atoms with van der Waals surface area (Å²) in [6.07, 6.45) is 7.84. The molecule has 1 atom stereocenters. The molecule has 2 aromatic rings. The van der Waals surface area contributed by atoms with E-state index in [1.165, 1.54) is 0 Å². The smallest absolute Gasteiger partial charge is 0.193 e. The number of hydrogen-bond donors (Lipinski definition) is 1. The molecule has 17 heavy (non-hydrogen) atoms. The number of hydrogen-bond acceptors (Lipinski definition) is 3. The van der Waals surface area contributed by atoms with E-state index in [0.717, 1.165) is 29.9 Å². The number of nitrogens with zero attached hydrogens (tertiary/aromatic N) is 2. The van der Waals surface area contributed by atoms with Gasteiger partial charge in [0.1, 0.15) is 0 Å². The van der Waals surface area contributed by atoms with Crippen LogP contribution >= 0.6 is 11.3 Å². The molecule has 0 aliphatic heterocycles. The van der Waals surface area contributed by atoms with Crippen molar-refractivity contribution >= 4 is 16.3 Å². The number of thiazole rings is 1. The SMILES string of the molecule is CC1(C)CCCC1(O)Cc1cn2ccsc2n1. The second-order valence-corrected chi connectivity index (χ2v) is 6.64. The van der Waals surface area contributed by atoms with Gasteiger partial charge in [-0.2, -0.15) is 0 Å². The highest BCUT2D eigenvalue weighted by molar-refractivity contribution is 7.15. The average molecular weight is 250 g/mol. The lowest BCUT2D eigenvalue weighted by Gasteiger charge is -2.36. The summed E-state index contributed by atoms with van der Waals surface area (Å²) in [5.74, 6) is 0. The average Bonchev–Trinajstić information content (AvgIpc) is 2.82. The van der Waals surface area contributed by atoms with Crippen molar-refractivity contribution in [3.05, 3.63) is 23.5 Å². The van der Waals surface area contributed by atoms with Crippen molar-refractivity contribution < 1.29 is 5.11 Å². The van der Waals surface area contributed by atoms with Crippen LogP contribution in [0.3, 0.4) is 0 Å². The van der Waals surface area contributed by atoms with Crippen molar-refractivity contribution in [1.29, 1.82) is 0 Å². The van der Waals surface area contributed by atoms with E-state index >= 15 is 0 Å². The minimum atomic E-state index is -0.586. The van der Waals surface area contributed by atoms with Gasteiger partial charge in [-0.25, -0.2) is 4.98 Å². The molecule has 0 aromatic carbocycles. The largest absolute Gasteiger partial charge is 0.389 e. The summed E-state index contributed by atoms with van der Waals surface area (Å²) in [4.78, 5) is 5.58. The van der Waals surface area contributed by atoms with Gasteiger partial charge < -0.3 is 5.11 Å². The molecule has 1 aliphatic rings. The molecule has 0 amide bonds. The van der Waals surface area contributed by atoms with E-state index in [0.29, 0.717) is 6.42 Å². The zero-order chi connectivity index (χ0) is 12.1. The predicted octanol–water partition coefficient (Wildman–Crippen LogP) is 2.88. The van der Waals surface area contributed by atoms with Crippen LogP contribution in [0.4, 0.5) is 0 Å². The van der Waals surface area contributed by atoms with Gasteiger partial charge in [0.25, 0.3) is 0 Å². The van der Waals surface area contributed by atoms with Gasteiger partial charge in [-0.05, 0) is 24.7 Å². The highest BCUT2D eigenvalue weighted by atomic mass is 32.1. The number of aliphatic hydroxyl groups is 1. The Labute approximate surface area is 105 Å². The third kappa shape index (κ3) is 1.70. The van der Waals surface area contributed by atoms with Crippen LogP contribution in [0.5, 0.6) is 0 Å². The van der Waals surface area contributed by atoms with Crippen LogP contribution in [-0.4, -0.2) is 20.1 Å². The molecule has 1 aliphatic carbocycles. The maximum atomic E-state index is 10.8. The zero-order valence-electron chi connectivity index (χ0n) is 10.3. The fourth-order valence-electron chi connectivity index (χ4n) is 2.88. The molecule has 3 nitrogen and oxygen atoms in total. The van der Waals surface area contributed by atoms with Gasteiger partial charge in [-0.1, -0.05) is 13.8 Å². The van der Waals surface area contributed by atoms with Crippen molar-refractivity contribution in [2.45, 2.75) is 45.1 Å². The van der Waals surface area contributed by atoms with E-state index in [4.69, 9.17) is 0 Å². The monoisotopic (exact) mass is 250 g/mol. The topological polar surface area (TPSA) is 37.5 Å². The molecule has 1 fully saturated rings. The minimum Gasteiger partial charge on any atom is -0.389 e. The van der Waals surface area contributed by atoms with E-state index < -0.39 is 5.60 Å². The zero-order valence-corrected chi connectivity index (χ0v) is 11.1. The lowest BCUT2D eigenvalue weighted by molar-refractivity contribution is -0.0425. The number of rotatable bonds is 2. The van der Waals surface area contributed by atoms with Crippen LogP contribution in [0.25, 0.3) is 4.96 Å². The Morgan fingerprint density at radius 3 is 2.94 bits per heavy atom. The summed E-state index contributed by atoms with van der Waals surface area (Å²) >= 11 is 1.64. The summed E-state index contributed by atoms with van der Waals surface area (Å²) in [5, 5.41) is 12.8. The number of fused-ring (bicyclic) bond motifs is 1. The minimum absolute atomic E-state index is 0.00401. The Morgan fingerprint density at radius 1 is 1.47 bits per heavy atom. The fraction of sp³-hybridized carbons (Fsp3) is 0.615. The van der Waals surface area contributed by atoms with Gasteiger partial charge in [0.05, 0.1) is 11.3 Å². The molecule has 4 heteroatoms. The van der Waals surface area contributed by atoms with Crippen LogP contribution in [0.15, 0.2) is 17.8 Å². The highest BCUT2D eigenvalue weighted by Gasteiger charge is 2.47. The molecule has 2 heterocycles. The standard InChI is InChI=1S/C13H18N2OS/c1-12(2)4-3-5-13(12,16)8-10-9-15-6-7-17-11(15)14-10/h6-7,9,16H,3-5,8H2,1-2H3. The normalized spacial score (nSPS) is 27.9. The first-order valence-corrected chi connectivity index (χ1v) is 7.02. The quantitative estimate of drug-likeness (QED) is 0.890. The number of aromatic nitrogens is 2. The van der Waals surface area contributed by atoms with Gasteiger partial charge in [0.15, 0.2) is 4.96 Å². The van der Waals surface area contributed by atoms with Gasteiger partial charge in [-0.3, -0.25) is 4.40 Å². The maximum Gasteiger partial charge on any atom is 0.193 e. The molecule has 1 N–H and O–H groups in total. The van der Waals surface area contributed by atoms with E-state index in [2.05, 4.69) is 18.8 Å². The maximum absolute atomic E-state index is 10.8. The molecule has 1 saturated carbocycles. The summed E-state index contributed by atoms with van der Waals surface area (Å²) in [6, 6.07) is 0. The third-order valence-electron chi connectivity index (χ3n) is 4.27. The molecule has 0 spiro atoms. The molecule has 3 rings (SSSR count). The van der Waals surface area contributed by atoms with Crippen LogP contribution in [0.2, 0.25) is 0 Å². The molecular weight excluding hydrogens is 232 g/mol. The van der Waals surface area contributed by atoms with Crippen molar-refractivity contribution in [3.8, 4) is 0 Å². The van der Waals surface area contributed by atoms with Crippen LogP contribution < -0.4 is 0 Å². The molecule has 2 aromatic heterocycles. The lowest BCUT2D eigenvalue weighted by atomic mass is 9.75. The summed E-state index contributed by atoms with van der Waals surface area (Å²) in [6.45, 7) is 4.33. The second-order valence-electron chi connectivity index (χ2n) is 5.77. The number of imidazole rings is 1. The first kappa shape index (κ1) is 11.2. The predicted molar refractivity (Wildman–Crippen MR) is 69.4 cm³/mol. The van der Waals surface area contributed by atoms with Gasteiger partial charge in [-0.15, -0.1) is 11.3 Å². The van der Waals surface area contributed by atoms with Crippen molar-refractivity contribution in [1.82, 2.24) is 9.38 Å². The Morgan fingerprint density at radius 2 is 2.29 bits per heavy atom. The Bertz CT molecular complexity index is 514. The molecule has 0 bridgehead atoms. The molecular formula is C13H18N2OS. The Balaban J connectivity index is 1.89. The summed E-state index contributed by atoms with van der Waals surface area (Å²) in [7, 11) is 0. The van der Waals surface area contributed by atoms with E-state index in [1.54, 1.807) is 11.3 Å². The van der Waals surface area contributed by atoms with E-state index in [9.17, 15) is 5.11 Å². The Hall–Kier alpha value is -0.870. The molecule has 92 valence electrons. The van der Waals surface area contributed by atoms with Crippen molar-refractivity contribution in [2.24, 2.45) is 5.41 Å².